The van der Waals surface area contributed by atoms with Crippen LogP contribution in [0, 0.1) is 0 Å². The van der Waals surface area contributed by atoms with Crippen molar-refractivity contribution in [2.24, 2.45) is 4.99 Å². The Morgan fingerprint density at radius 1 is 1.43 bits per heavy atom. The largest absolute Gasteiger partial charge is 0.391 e. The minimum Gasteiger partial charge on any atom is -0.391 e. The van der Waals surface area contributed by atoms with E-state index in [0.717, 1.165) is 38.3 Å². The molecule has 4 heteroatoms. The quantitative estimate of drug-likeness (QED) is 0.457. The molecule has 0 spiro atoms. The zero-order chi connectivity index (χ0) is 10.4. The minimum absolute atomic E-state index is 0.180. The molecule has 1 rings (SSSR count). The number of aliphatic hydroxyl groups is 1. The van der Waals surface area contributed by atoms with E-state index in [1.54, 1.807) is 0 Å². The van der Waals surface area contributed by atoms with Crippen LogP contribution >= 0.6 is 0 Å². The zero-order valence-electron chi connectivity index (χ0n) is 9.08. The van der Waals surface area contributed by atoms with E-state index in [0.29, 0.717) is 0 Å². The highest BCUT2D eigenvalue weighted by Crippen LogP contribution is 2.18. The van der Waals surface area contributed by atoms with Crippen LogP contribution in [0.4, 0.5) is 0 Å². The second-order valence-corrected chi connectivity index (χ2v) is 3.60. The number of rotatable bonds is 3. The Kier molecular flexibility index (Phi) is 4.73. The van der Waals surface area contributed by atoms with Crippen LogP contribution in [-0.4, -0.2) is 36.3 Å². The van der Waals surface area contributed by atoms with Gasteiger partial charge in [-0.1, -0.05) is 0 Å². The van der Waals surface area contributed by atoms with Gasteiger partial charge < -0.3 is 15.7 Å². The van der Waals surface area contributed by atoms with Crippen LogP contribution in [0.3, 0.4) is 0 Å². The Bertz CT molecular complexity index is 194. The summed E-state index contributed by atoms with van der Waals surface area (Å²) in [7, 11) is 0. The molecule has 0 amide bonds. The van der Waals surface area contributed by atoms with E-state index in [-0.39, 0.29) is 12.1 Å². The number of hydrogen-bond acceptors (Lipinski definition) is 2. The van der Waals surface area contributed by atoms with Gasteiger partial charge >= 0.3 is 0 Å². The molecule has 0 heterocycles. The van der Waals surface area contributed by atoms with E-state index in [2.05, 4.69) is 15.6 Å². The lowest BCUT2D eigenvalue weighted by molar-refractivity contribution is 0.157. The Labute approximate surface area is 85.8 Å². The SMILES string of the molecule is CCN=C(NCC)NC1CCCC1O. The fraction of sp³-hybridized carbons (Fsp3) is 0.900. The number of aliphatic hydroxyl groups excluding tert-OH is 1. The van der Waals surface area contributed by atoms with Crippen molar-refractivity contribution < 1.29 is 5.11 Å². The summed E-state index contributed by atoms with van der Waals surface area (Å²) in [6.45, 7) is 5.66. The fourth-order valence-corrected chi connectivity index (χ4v) is 1.76. The number of nitrogens with zero attached hydrogens (tertiary/aromatic N) is 1. The second kappa shape index (κ2) is 5.86. The third-order valence-corrected chi connectivity index (χ3v) is 2.46. The van der Waals surface area contributed by atoms with E-state index in [9.17, 15) is 5.11 Å². The summed E-state index contributed by atoms with van der Waals surface area (Å²) < 4.78 is 0. The van der Waals surface area contributed by atoms with Gasteiger partial charge in [0.25, 0.3) is 0 Å². The monoisotopic (exact) mass is 199 g/mol. The van der Waals surface area contributed by atoms with E-state index in [1.807, 2.05) is 13.8 Å². The molecule has 0 radical (unpaired) electrons. The average molecular weight is 199 g/mol. The molecule has 0 bridgehead atoms. The molecule has 82 valence electrons. The van der Waals surface area contributed by atoms with Crippen molar-refractivity contribution in [3.63, 3.8) is 0 Å². The average Bonchev–Trinajstić information content (AvgIpc) is 2.53. The van der Waals surface area contributed by atoms with Gasteiger partial charge in [-0.25, -0.2) is 0 Å². The highest BCUT2D eigenvalue weighted by atomic mass is 16.3. The maximum absolute atomic E-state index is 9.63. The van der Waals surface area contributed by atoms with Gasteiger partial charge in [0.05, 0.1) is 12.1 Å². The van der Waals surface area contributed by atoms with E-state index in [4.69, 9.17) is 0 Å². The molecule has 2 unspecified atom stereocenters. The van der Waals surface area contributed by atoms with Gasteiger partial charge in [0.2, 0.25) is 0 Å². The lowest BCUT2D eigenvalue weighted by Gasteiger charge is -2.19. The van der Waals surface area contributed by atoms with Gasteiger partial charge in [-0.3, -0.25) is 4.99 Å². The molecular weight excluding hydrogens is 178 g/mol. The van der Waals surface area contributed by atoms with Crippen LogP contribution in [0.5, 0.6) is 0 Å². The third kappa shape index (κ3) is 3.18. The van der Waals surface area contributed by atoms with Gasteiger partial charge in [-0.15, -0.1) is 0 Å². The normalized spacial score (nSPS) is 27.8. The van der Waals surface area contributed by atoms with Crippen molar-refractivity contribution >= 4 is 5.96 Å². The van der Waals surface area contributed by atoms with Gasteiger partial charge in [0, 0.05) is 13.1 Å². The molecule has 0 aromatic rings. The Morgan fingerprint density at radius 2 is 2.21 bits per heavy atom. The van der Waals surface area contributed by atoms with Crippen molar-refractivity contribution in [2.75, 3.05) is 13.1 Å². The summed E-state index contributed by atoms with van der Waals surface area (Å²) in [4.78, 5) is 4.30. The predicted molar refractivity (Wildman–Crippen MR) is 58.4 cm³/mol. The molecular formula is C10H21N3O. The third-order valence-electron chi connectivity index (χ3n) is 2.46. The molecule has 0 saturated heterocycles. The van der Waals surface area contributed by atoms with Crippen LogP contribution in [0.2, 0.25) is 0 Å². The topological polar surface area (TPSA) is 56.7 Å². The van der Waals surface area contributed by atoms with Crippen LogP contribution in [0.15, 0.2) is 4.99 Å². The molecule has 3 N–H and O–H groups in total. The minimum atomic E-state index is -0.212. The number of aliphatic imine (C=N–C) groups is 1. The molecule has 0 aromatic heterocycles. The lowest BCUT2D eigenvalue weighted by Crippen LogP contribution is -2.46. The van der Waals surface area contributed by atoms with Gasteiger partial charge in [-0.05, 0) is 33.1 Å². The molecule has 1 saturated carbocycles. The van der Waals surface area contributed by atoms with E-state index < -0.39 is 0 Å². The maximum Gasteiger partial charge on any atom is 0.191 e. The highest BCUT2D eigenvalue weighted by Gasteiger charge is 2.25. The molecule has 14 heavy (non-hydrogen) atoms. The number of guanidine groups is 1. The van der Waals surface area contributed by atoms with Crippen molar-refractivity contribution in [1.82, 2.24) is 10.6 Å². The molecule has 0 aromatic carbocycles. The number of hydrogen-bond donors (Lipinski definition) is 3. The predicted octanol–water partition coefficient (Wildman–Crippen LogP) is 0.475. The van der Waals surface area contributed by atoms with E-state index in [1.165, 1.54) is 0 Å². The lowest BCUT2D eigenvalue weighted by atomic mass is 10.2. The standard InChI is InChI=1S/C10H21N3O/c1-3-11-10(12-4-2)13-8-6-5-7-9(8)14/h8-9,14H,3-7H2,1-2H3,(H2,11,12,13). The molecule has 1 aliphatic carbocycles. The molecule has 2 atom stereocenters. The summed E-state index contributed by atoms with van der Waals surface area (Å²) >= 11 is 0. The Balaban J connectivity index is 2.42. The van der Waals surface area contributed by atoms with Crippen molar-refractivity contribution in [3.8, 4) is 0 Å². The van der Waals surface area contributed by atoms with Crippen LogP contribution in [0.1, 0.15) is 33.1 Å². The highest BCUT2D eigenvalue weighted by molar-refractivity contribution is 5.80. The van der Waals surface area contributed by atoms with E-state index >= 15 is 0 Å². The molecule has 4 nitrogen and oxygen atoms in total. The zero-order valence-corrected chi connectivity index (χ0v) is 9.08. The van der Waals surface area contributed by atoms with Crippen LogP contribution in [-0.2, 0) is 0 Å². The molecule has 1 fully saturated rings. The summed E-state index contributed by atoms with van der Waals surface area (Å²) in [5.74, 6) is 0.820. The Morgan fingerprint density at radius 3 is 2.71 bits per heavy atom. The summed E-state index contributed by atoms with van der Waals surface area (Å²) in [6.07, 6.45) is 2.83. The van der Waals surface area contributed by atoms with Gasteiger partial charge in [-0.2, -0.15) is 0 Å². The Hall–Kier alpha value is -0.770. The van der Waals surface area contributed by atoms with Crippen LogP contribution in [0.25, 0.3) is 0 Å². The summed E-state index contributed by atoms with van der Waals surface area (Å²) in [6, 6.07) is 0.180. The second-order valence-electron chi connectivity index (χ2n) is 3.60. The van der Waals surface area contributed by atoms with Crippen molar-refractivity contribution in [2.45, 2.75) is 45.3 Å². The van der Waals surface area contributed by atoms with Crippen LogP contribution < -0.4 is 10.6 Å². The van der Waals surface area contributed by atoms with Crippen molar-refractivity contribution in [3.05, 3.63) is 0 Å². The first kappa shape index (κ1) is 11.3. The first-order valence-electron chi connectivity index (χ1n) is 5.50. The smallest absolute Gasteiger partial charge is 0.191 e. The first-order chi connectivity index (χ1) is 6.77. The van der Waals surface area contributed by atoms with Gasteiger partial charge in [0.15, 0.2) is 5.96 Å². The summed E-state index contributed by atoms with van der Waals surface area (Å²) in [5, 5.41) is 16.0. The first-order valence-corrected chi connectivity index (χ1v) is 5.50. The fourth-order valence-electron chi connectivity index (χ4n) is 1.76. The van der Waals surface area contributed by atoms with Gasteiger partial charge in [0.1, 0.15) is 0 Å². The number of nitrogens with one attached hydrogen (secondary N) is 2. The van der Waals surface area contributed by atoms with Crippen molar-refractivity contribution in [1.29, 1.82) is 0 Å². The molecule has 0 aliphatic heterocycles. The maximum atomic E-state index is 9.63. The summed E-state index contributed by atoms with van der Waals surface area (Å²) in [5.41, 5.74) is 0. The molecule has 1 aliphatic rings.